The van der Waals surface area contributed by atoms with Gasteiger partial charge in [-0.3, -0.25) is 4.79 Å². The van der Waals surface area contributed by atoms with Crippen LogP contribution in [0.2, 0.25) is 0 Å². The number of nitrogens with one attached hydrogen (secondary N) is 1. The zero-order chi connectivity index (χ0) is 7.98. The molecule has 0 atom stereocenters. The summed E-state index contributed by atoms with van der Waals surface area (Å²) in [6.45, 7) is 4.92. The highest BCUT2D eigenvalue weighted by Crippen LogP contribution is 1.82. The van der Waals surface area contributed by atoms with E-state index in [1.165, 1.54) is 6.08 Å². The standard InChI is InChI=1S/C7H14N2O/c1-4-7(10)9(3)6-5-8-2/h4,8H,1,5-6H2,2-3H3. The highest BCUT2D eigenvalue weighted by atomic mass is 16.2. The Balaban J connectivity index is 3.51. The Hall–Kier alpha value is -0.830. The molecule has 1 N–H and O–H groups in total. The van der Waals surface area contributed by atoms with E-state index in [9.17, 15) is 4.79 Å². The molecule has 58 valence electrons. The molecule has 0 heterocycles. The number of carbonyl (C=O) groups is 1. The average Bonchev–Trinajstić information content (AvgIpc) is 1.98. The van der Waals surface area contributed by atoms with Crippen LogP contribution in [-0.2, 0) is 4.79 Å². The van der Waals surface area contributed by atoms with Crippen LogP contribution in [0, 0.1) is 0 Å². The van der Waals surface area contributed by atoms with E-state index in [0.717, 1.165) is 13.1 Å². The summed E-state index contributed by atoms with van der Waals surface area (Å²) in [5, 5.41) is 2.95. The van der Waals surface area contributed by atoms with Crippen LogP contribution >= 0.6 is 0 Å². The fourth-order valence-electron chi connectivity index (χ4n) is 0.546. The first kappa shape index (κ1) is 9.17. The van der Waals surface area contributed by atoms with Gasteiger partial charge in [0.15, 0.2) is 0 Å². The molecule has 0 fully saturated rings. The van der Waals surface area contributed by atoms with Crippen LogP contribution in [0.1, 0.15) is 0 Å². The summed E-state index contributed by atoms with van der Waals surface area (Å²) >= 11 is 0. The zero-order valence-corrected chi connectivity index (χ0v) is 6.55. The summed E-state index contributed by atoms with van der Waals surface area (Å²) in [5.74, 6) is -0.0322. The number of hydrogen-bond donors (Lipinski definition) is 1. The largest absolute Gasteiger partial charge is 0.341 e. The van der Waals surface area contributed by atoms with Crippen molar-refractivity contribution in [3.05, 3.63) is 12.7 Å². The Kier molecular flexibility index (Phi) is 4.58. The lowest BCUT2D eigenvalue weighted by atomic mass is 10.5. The van der Waals surface area contributed by atoms with E-state index in [2.05, 4.69) is 11.9 Å². The molecule has 0 unspecified atom stereocenters. The van der Waals surface area contributed by atoms with Crippen molar-refractivity contribution in [1.29, 1.82) is 0 Å². The van der Waals surface area contributed by atoms with E-state index < -0.39 is 0 Å². The average molecular weight is 142 g/mol. The normalized spacial score (nSPS) is 9.00. The van der Waals surface area contributed by atoms with Crippen molar-refractivity contribution in [1.82, 2.24) is 10.2 Å². The minimum atomic E-state index is -0.0322. The van der Waals surface area contributed by atoms with Crippen molar-refractivity contribution >= 4 is 5.91 Å². The first-order valence-corrected chi connectivity index (χ1v) is 3.24. The van der Waals surface area contributed by atoms with E-state index >= 15 is 0 Å². The maximum absolute atomic E-state index is 10.8. The molecule has 1 amide bonds. The lowest BCUT2D eigenvalue weighted by molar-refractivity contribution is -0.124. The van der Waals surface area contributed by atoms with Crippen molar-refractivity contribution in [2.24, 2.45) is 0 Å². The predicted molar refractivity (Wildman–Crippen MR) is 41.8 cm³/mol. The first-order chi connectivity index (χ1) is 4.72. The van der Waals surface area contributed by atoms with Crippen LogP contribution < -0.4 is 5.32 Å². The van der Waals surface area contributed by atoms with E-state index in [1.54, 1.807) is 11.9 Å². The molecule has 3 heteroatoms. The van der Waals surface area contributed by atoms with Crippen LogP contribution in [0.5, 0.6) is 0 Å². The van der Waals surface area contributed by atoms with E-state index in [1.807, 2.05) is 7.05 Å². The molecule has 0 aliphatic heterocycles. The van der Waals surface area contributed by atoms with Gasteiger partial charge in [0, 0.05) is 20.1 Å². The minimum Gasteiger partial charge on any atom is -0.341 e. The maximum Gasteiger partial charge on any atom is 0.245 e. The fourth-order valence-corrected chi connectivity index (χ4v) is 0.546. The van der Waals surface area contributed by atoms with Crippen molar-refractivity contribution in [3.63, 3.8) is 0 Å². The SMILES string of the molecule is C=CC(=O)N(C)CCNC. The van der Waals surface area contributed by atoms with Crippen LogP contribution in [0.25, 0.3) is 0 Å². The number of likely N-dealkylation sites (N-methyl/N-ethyl adjacent to an activating group) is 2. The lowest BCUT2D eigenvalue weighted by Crippen LogP contribution is -2.31. The van der Waals surface area contributed by atoms with Gasteiger partial charge in [-0.05, 0) is 13.1 Å². The number of rotatable bonds is 4. The van der Waals surface area contributed by atoms with Gasteiger partial charge >= 0.3 is 0 Å². The zero-order valence-electron chi connectivity index (χ0n) is 6.55. The summed E-state index contributed by atoms with van der Waals surface area (Å²) in [7, 11) is 3.60. The van der Waals surface area contributed by atoms with Gasteiger partial charge in [-0.15, -0.1) is 0 Å². The Labute approximate surface area is 61.7 Å². The molecule has 0 aromatic heterocycles. The quantitative estimate of drug-likeness (QED) is 0.554. The van der Waals surface area contributed by atoms with Crippen molar-refractivity contribution in [3.8, 4) is 0 Å². The van der Waals surface area contributed by atoms with Crippen molar-refractivity contribution in [2.45, 2.75) is 0 Å². The van der Waals surface area contributed by atoms with Crippen molar-refractivity contribution in [2.75, 3.05) is 27.2 Å². The molecule has 0 bridgehead atoms. The predicted octanol–water partition coefficient (Wildman–Crippen LogP) is -0.150. The van der Waals surface area contributed by atoms with Gasteiger partial charge in [0.25, 0.3) is 0 Å². The summed E-state index contributed by atoms with van der Waals surface area (Å²) in [5.41, 5.74) is 0. The molecular formula is C7H14N2O. The summed E-state index contributed by atoms with van der Waals surface area (Å²) in [4.78, 5) is 12.4. The Bertz CT molecular complexity index is 123. The van der Waals surface area contributed by atoms with Crippen molar-refractivity contribution < 1.29 is 4.79 Å². The maximum atomic E-state index is 10.8. The number of nitrogens with zero attached hydrogens (tertiary/aromatic N) is 1. The summed E-state index contributed by atoms with van der Waals surface area (Å²) in [6, 6.07) is 0. The van der Waals surface area contributed by atoms with Crippen LogP contribution in [-0.4, -0.2) is 38.0 Å². The van der Waals surface area contributed by atoms with Gasteiger partial charge in [0.05, 0.1) is 0 Å². The monoisotopic (exact) mass is 142 g/mol. The lowest BCUT2D eigenvalue weighted by Gasteiger charge is -2.13. The third-order valence-corrected chi connectivity index (χ3v) is 1.25. The minimum absolute atomic E-state index is 0.0322. The molecule has 0 aromatic carbocycles. The topological polar surface area (TPSA) is 32.3 Å². The Morgan fingerprint density at radius 3 is 2.80 bits per heavy atom. The van der Waals surface area contributed by atoms with Crippen LogP contribution in [0.3, 0.4) is 0 Å². The van der Waals surface area contributed by atoms with Gasteiger partial charge in [0.2, 0.25) is 5.91 Å². The molecule has 0 rings (SSSR count). The molecular weight excluding hydrogens is 128 g/mol. The highest BCUT2D eigenvalue weighted by Gasteiger charge is 2.00. The second-order valence-corrected chi connectivity index (χ2v) is 2.07. The number of carbonyl (C=O) groups excluding carboxylic acids is 1. The van der Waals surface area contributed by atoms with E-state index in [-0.39, 0.29) is 5.91 Å². The van der Waals surface area contributed by atoms with Gasteiger partial charge in [-0.1, -0.05) is 6.58 Å². The molecule has 0 saturated carbocycles. The molecule has 0 aromatic rings. The smallest absolute Gasteiger partial charge is 0.245 e. The number of amides is 1. The second kappa shape index (κ2) is 4.99. The molecule has 10 heavy (non-hydrogen) atoms. The molecule has 3 nitrogen and oxygen atoms in total. The van der Waals surface area contributed by atoms with Crippen LogP contribution in [0.15, 0.2) is 12.7 Å². The molecule has 0 radical (unpaired) electrons. The van der Waals surface area contributed by atoms with Gasteiger partial charge in [0.1, 0.15) is 0 Å². The molecule has 0 saturated heterocycles. The Morgan fingerprint density at radius 1 is 1.80 bits per heavy atom. The van der Waals surface area contributed by atoms with E-state index in [4.69, 9.17) is 0 Å². The molecule has 0 aliphatic carbocycles. The summed E-state index contributed by atoms with van der Waals surface area (Å²) in [6.07, 6.45) is 1.32. The fraction of sp³-hybridized carbons (Fsp3) is 0.571. The summed E-state index contributed by atoms with van der Waals surface area (Å²) < 4.78 is 0. The van der Waals surface area contributed by atoms with Gasteiger partial charge < -0.3 is 10.2 Å². The molecule has 0 spiro atoms. The van der Waals surface area contributed by atoms with Gasteiger partial charge in [-0.25, -0.2) is 0 Å². The third kappa shape index (κ3) is 3.25. The number of hydrogen-bond acceptors (Lipinski definition) is 2. The van der Waals surface area contributed by atoms with E-state index in [0.29, 0.717) is 0 Å². The third-order valence-electron chi connectivity index (χ3n) is 1.25. The molecule has 0 aliphatic rings. The Morgan fingerprint density at radius 2 is 2.40 bits per heavy atom. The van der Waals surface area contributed by atoms with Crippen LogP contribution in [0.4, 0.5) is 0 Å². The van der Waals surface area contributed by atoms with Gasteiger partial charge in [-0.2, -0.15) is 0 Å². The first-order valence-electron chi connectivity index (χ1n) is 3.24. The highest BCUT2D eigenvalue weighted by molar-refractivity contribution is 5.86. The second-order valence-electron chi connectivity index (χ2n) is 2.07.